The maximum absolute atomic E-state index is 11.5. The lowest BCUT2D eigenvalue weighted by atomic mass is 9.51. The molecule has 2 fully saturated rings. The van der Waals surface area contributed by atoms with Gasteiger partial charge in [0.25, 0.3) is 0 Å². The molecule has 0 aromatic rings. The average molecular weight is 212 g/mol. The van der Waals surface area contributed by atoms with Crippen molar-refractivity contribution >= 4 is 6.09 Å². The third-order valence-electron chi connectivity index (χ3n) is 3.45. The topological polar surface area (TPSA) is 64.3 Å². The maximum atomic E-state index is 11.5. The summed E-state index contributed by atoms with van der Waals surface area (Å²) in [6.45, 7) is 5.60. The number of nitrogens with two attached hydrogens (primary N) is 1. The lowest BCUT2D eigenvalue weighted by molar-refractivity contribution is -0.0321. The summed E-state index contributed by atoms with van der Waals surface area (Å²) in [5.41, 5.74) is 5.66. The zero-order chi connectivity index (χ0) is 11.3. The molecule has 0 heterocycles. The lowest BCUT2D eigenvalue weighted by Crippen LogP contribution is -2.73. The number of fused-ring (bicyclic) bond motifs is 1. The molecule has 15 heavy (non-hydrogen) atoms. The zero-order valence-electron chi connectivity index (χ0n) is 9.67. The maximum Gasteiger partial charge on any atom is 0.407 e. The van der Waals surface area contributed by atoms with E-state index in [0.29, 0.717) is 5.92 Å². The van der Waals surface area contributed by atoms with Crippen molar-refractivity contribution < 1.29 is 9.53 Å². The predicted molar refractivity (Wildman–Crippen MR) is 57.4 cm³/mol. The molecule has 2 aliphatic carbocycles. The molecule has 2 aliphatic rings. The van der Waals surface area contributed by atoms with Gasteiger partial charge in [0.1, 0.15) is 5.60 Å². The molecule has 0 aromatic carbocycles. The minimum absolute atomic E-state index is 0.0275. The van der Waals surface area contributed by atoms with Crippen molar-refractivity contribution in [3.63, 3.8) is 0 Å². The molecular formula is C11H20N2O2. The molecule has 2 rings (SSSR count). The molecule has 1 amide bonds. The molecule has 4 nitrogen and oxygen atoms in total. The van der Waals surface area contributed by atoms with Crippen LogP contribution in [0, 0.1) is 5.92 Å². The highest BCUT2D eigenvalue weighted by Gasteiger charge is 2.57. The fourth-order valence-corrected chi connectivity index (χ4v) is 2.54. The van der Waals surface area contributed by atoms with Crippen LogP contribution in [0.1, 0.15) is 40.0 Å². The van der Waals surface area contributed by atoms with Gasteiger partial charge in [0.15, 0.2) is 0 Å². The van der Waals surface area contributed by atoms with Gasteiger partial charge in [-0.1, -0.05) is 0 Å². The van der Waals surface area contributed by atoms with Crippen molar-refractivity contribution in [3.05, 3.63) is 0 Å². The summed E-state index contributed by atoms with van der Waals surface area (Å²) in [6.07, 6.45) is 2.82. The summed E-state index contributed by atoms with van der Waals surface area (Å²) >= 11 is 0. The Morgan fingerprint density at radius 1 is 1.53 bits per heavy atom. The summed E-state index contributed by atoms with van der Waals surface area (Å²) in [7, 11) is 0. The molecule has 0 aromatic heterocycles. The van der Waals surface area contributed by atoms with Crippen LogP contribution in [0.2, 0.25) is 0 Å². The van der Waals surface area contributed by atoms with Crippen LogP contribution in [0.4, 0.5) is 4.79 Å². The monoisotopic (exact) mass is 212 g/mol. The van der Waals surface area contributed by atoms with E-state index in [1.807, 2.05) is 20.8 Å². The number of amides is 1. The second kappa shape index (κ2) is 3.11. The highest BCUT2D eigenvalue weighted by atomic mass is 16.6. The largest absolute Gasteiger partial charge is 0.444 e. The molecule has 4 heteroatoms. The number of rotatable bonds is 1. The van der Waals surface area contributed by atoms with Crippen molar-refractivity contribution in [3.8, 4) is 0 Å². The second-order valence-corrected chi connectivity index (χ2v) is 5.84. The van der Waals surface area contributed by atoms with Gasteiger partial charge in [-0.15, -0.1) is 0 Å². The summed E-state index contributed by atoms with van der Waals surface area (Å²) in [5, 5.41) is 2.89. The third-order valence-corrected chi connectivity index (χ3v) is 3.45. The normalized spacial score (nSPS) is 38.4. The van der Waals surface area contributed by atoms with Gasteiger partial charge in [-0.3, -0.25) is 0 Å². The van der Waals surface area contributed by atoms with E-state index in [-0.39, 0.29) is 17.7 Å². The van der Waals surface area contributed by atoms with Crippen LogP contribution < -0.4 is 11.1 Å². The predicted octanol–water partition coefficient (Wildman–Crippen LogP) is 1.39. The van der Waals surface area contributed by atoms with E-state index in [1.54, 1.807) is 0 Å². The summed E-state index contributed by atoms with van der Waals surface area (Å²) in [5.74, 6) is 0.477. The van der Waals surface area contributed by atoms with Crippen molar-refractivity contribution in [1.29, 1.82) is 0 Å². The summed E-state index contributed by atoms with van der Waals surface area (Å²) < 4.78 is 5.19. The third kappa shape index (κ3) is 1.95. The van der Waals surface area contributed by atoms with Gasteiger partial charge in [-0.05, 0) is 46.0 Å². The fourth-order valence-electron chi connectivity index (χ4n) is 2.54. The summed E-state index contributed by atoms with van der Waals surface area (Å²) in [6, 6.07) is 0.235. The number of hydrogen-bond acceptors (Lipinski definition) is 3. The van der Waals surface area contributed by atoms with E-state index in [9.17, 15) is 4.79 Å². The first-order chi connectivity index (χ1) is 6.80. The zero-order valence-corrected chi connectivity index (χ0v) is 9.67. The van der Waals surface area contributed by atoms with Gasteiger partial charge < -0.3 is 15.8 Å². The Morgan fingerprint density at radius 2 is 2.20 bits per heavy atom. The summed E-state index contributed by atoms with van der Waals surface area (Å²) in [4.78, 5) is 11.5. The van der Waals surface area contributed by atoms with E-state index in [2.05, 4.69) is 5.32 Å². The van der Waals surface area contributed by atoms with Crippen LogP contribution in [0.15, 0.2) is 0 Å². The van der Waals surface area contributed by atoms with Gasteiger partial charge in [-0.2, -0.15) is 0 Å². The van der Waals surface area contributed by atoms with Crippen LogP contribution in [-0.2, 0) is 4.74 Å². The van der Waals surface area contributed by atoms with Crippen LogP contribution in [0.25, 0.3) is 0 Å². The van der Waals surface area contributed by atoms with Gasteiger partial charge >= 0.3 is 6.09 Å². The highest BCUT2D eigenvalue weighted by Crippen LogP contribution is 2.51. The smallest absolute Gasteiger partial charge is 0.407 e. The highest BCUT2D eigenvalue weighted by molar-refractivity contribution is 5.68. The Kier molecular flexibility index (Phi) is 2.23. The van der Waals surface area contributed by atoms with E-state index in [4.69, 9.17) is 10.5 Å². The van der Waals surface area contributed by atoms with Crippen LogP contribution >= 0.6 is 0 Å². The van der Waals surface area contributed by atoms with Gasteiger partial charge in [0, 0.05) is 11.6 Å². The first-order valence-corrected chi connectivity index (χ1v) is 5.59. The number of nitrogens with one attached hydrogen (secondary N) is 1. The number of ether oxygens (including phenoxy) is 1. The minimum Gasteiger partial charge on any atom is -0.444 e. The Morgan fingerprint density at radius 3 is 2.53 bits per heavy atom. The Balaban J connectivity index is 1.77. The molecule has 0 aliphatic heterocycles. The quantitative estimate of drug-likeness (QED) is 0.690. The van der Waals surface area contributed by atoms with E-state index >= 15 is 0 Å². The van der Waals surface area contributed by atoms with Crippen molar-refractivity contribution in [2.24, 2.45) is 11.7 Å². The van der Waals surface area contributed by atoms with E-state index in [0.717, 1.165) is 19.3 Å². The molecule has 3 atom stereocenters. The number of alkyl carbamates (subject to hydrolysis) is 1. The van der Waals surface area contributed by atoms with Gasteiger partial charge in [-0.25, -0.2) is 4.79 Å². The Hall–Kier alpha value is -0.770. The standard InChI is InChI=1S/C11H20N2O2/c1-10(2,3)15-9(14)13-8-6-11(12)5-4-7(8)11/h7-8H,4-6,12H2,1-3H3,(H,13,14). The first kappa shape index (κ1) is 10.7. The Bertz CT molecular complexity index is 285. The average Bonchev–Trinajstić information content (AvgIpc) is 1.98. The van der Waals surface area contributed by atoms with Crippen LogP contribution in [0.5, 0.6) is 0 Å². The number of hydrogen-bond donors (Lipinski definition) is 2. The first-order valence-electron chi connectivity index (χ1n) is 5.59. The van der Waals surface area contributed by atoms with Crippen LogP contribution in [-0.4, -0.2) is 23.3 Å². The van der Waals surface area contributed by atoms with Crippen LogP contribution in [0.3, 0.4) is 0 Å². The molecule has 3 N–H and O–H groups in total. The number of carbonyl (C=O) groups is 1. The van der Waals surface area contributed by atoms with E-state index < -0.39 is 5.60 Å². The number of carbonyl (C=O) groups excluding carboxylic acids is 1. The van der Waals surface area contributed by atoms with Crippen molar-refractivity contribution in [2.75, 3.05) is 0 Å². The second-order valence-electron chi connectivity index (χ2n) is 5.84. The molecule has 3 unspecified atom stereocenters. The molecule has 0 saturated heterocycles. The van der Waals surface area contributed by atoms with Crippen molar-refractivity contribution in [2.45, 2.75) is 57.2 Å². The molecule has 86 valence electrons. The Labute approximate surface area is 90.5 Å². The van der Waals surface area contributed by atoms with Gasteiger partial charge in [0.2, 0.25) is 0 Å². The van der Waals surface area contributed by atoms with Crippen molar-refractivity contribution in [1.82, 2.24) is 5.32 Å². The molecule has 0 radical (unpaired) electrons. The van der Waals surface area contributed by atoms with Gasteiger partial charge in [0.05, 0.1) is 0 Å². The molecule has 0 spiro atoms. The van der Waals surface area contributed by atoms with E-state index in [1.165, 1.54) is 0 Å². The molecule has 2 saturated carbocycles. The molecule has 0 bridgehead atoms. The minimum atomic E-state index is -0.423. The molecular weight excluding hydrogens is 192 g/mol. The SMILES string of the molecule is CC(C)(C)OC(=O)NC1CC2(N)CCC12. The lowest BCUT2D eigenvalue weighted by Gasteiger charge is -2.61. The fraction of sp³-hybridized carbons (Fsp3) is 0.909.